The van der Waals surface area contributed by atoms with Crippen LogP contribution >= 0.6 is 11.3 Å². The van der Waals surface area contributed by atoms with E-state index < -0.39 is 0 Å². The van der Waals surface area contributed by atoms with Crippen LogP contribution in [0.5, 0.6) is 5.75 Å². The topological polar surface area (TPSA) is 54.9 Å². The normalized spacial score (nSPS) is 19.2. The van der Waals surface area contributed by atoms with Crippen LogP contribution in [0.15, 0.2) is 24.3 Å². The molecule has 2 aromatic rings. The summed E-state index contributed by atoms with van der Waals surface area (Å²) in [5.74, 6) is 0.945. The maximum absolute atomic E-state index is 12.9. The van der Waals surface area contributed by atoms with Crippen LogP contribution in [0.1, 0.15) is 20.9 Å². The molecule has 0 bridgehead atoms. The van der Waals surface area contributed by atoms with Gasteiger partial charge in [-0.15, -0.1) is 0 Å². The van der Waals surface area contributed by atoms with Gasteiger partial charge >= 0.3 is 0 Å². The molecular formula is C19H23N3O3S. The number of fused-ring (bicyclic) bond motifs is 1. The standard InChI is InChI=1S/C19H23N3O3S/c1-13-17(26-19(20-13)22-7-9-24-10-8-22)18(23)21(2)12-15-11-14-5-3-4-6-16(14)25-15/h3-6,15H,7-12H2,1-2H3. The molecule has 0 saturated carbocycles. The van der Waals surface area contributed by atoms with E-state index in [1.165, 1.54) is 16.9 Å². The number of benzene rings is 1. The van der Waals surface area contributed by atoms with Gasteiger partial charge in [0, 0.05) is 26.6 Å². The zero-order valence-corrected chi connectivity index (χ0v) is 15.9. The Labute approximate surface area is 157 Å². The average molecular weight is 373 g/mol. The Morgan fingerprint density at radius 2 is 2.12 bits per heavy atom. The molecule has 1 fully saturated rings. The minimum absolute atomic E-state index is 0.00768. The smallest absolute Gasteiger partial charge is 0.265 e. The molecule has 2 aliphatic heterocycles. The van der Waals surface area contributed by atoms with Crippen molar-refractivity contribution in [3.63, 3.8) is 0 Å². The van der Waals surface area contributed by atoms with E-state index in [0.29, 0.717) is 24.6 Å². The van der Waals surface area contributed by atoms with Crippen LogP contribution in [0.2, 0.25) is 0 Å². The number of likely N-dealkylation sites (N-methyl/N-ethyl adjacent to an activating group) is 1. The molecule has 1 saturated heterocycles. The van der Waals surface area contributed by atoms with Crippen molar-refractivity contribution in [1.29, 1.82) is 0 Å². The molecule has 2 aliphatic rings. The Morgan fingerprint density at radius 3 is 2.88 bits per heavy atom. The van der Waals surface area contributed by atoms with Crippen LogP contribution in [0, 0.1) is 6.92 Å². The molecule has 0 N–H and O–H groups in total. The first-order chi connectivity index (χ1) is 12.6. The SMILES string of the molecule is Cc1nc(N2CCOCC2)sc1C(=O)N(C)CC1Cc2ccccc2O1. The van der Waals surface area contributed by atoms with Crippen LogP contribution in [-0.4, -0.2) is 61.8 Å². The van der Waals surface area contributed by atoms with Gasteiger partial charge in [-0.2, -0.15) is 0 Å². The quantitative estimate of drug-likeness (QED) is 0.824. The highest BCUT2D eigenvalue weighted by Crippen LogP contribution is 2.30. The van der Waals surface area contributed by atoms with Gasteiger partial charge in [0.25, 0.3) is 5.91 Å². The molecule has 1 atom stereocenters. The number of thiazole rings is 1. The van der Waals surface area contributed by atoms with Gasteiger partial charge in [-0.05, 0) is 18.6 Å². The summed E-state index contributed by atoms with van der Waals surface area (Å²) in [6.07, 6.45) is 0.849. The van der Waals surface area contributed by atoms with Crippen LogP contribution in [0.3, 0.4) is 0 Å². The Balaban J connectivity index is 1.42. The van der Waals surface area contributed by atoms with Crippen molar-refractivity contribution >= 4 is 22.4 Å². The lowest BCUT2D eigenvalue weighted by molar-refractivity contribution is 0.0734. The number of aryl methyl sites for hydroxylation is 1. The Bertz CT molecular complexity index is 776. The predicted octanol–water partition coefficient (Wildman–Crippen LogP) is 2.36. The highest BCUT2D eigenvalue weighted by atomic mass is 32.1. The van der Waals surface area contributed by atoms with Gasteiger partial charge in [-0.25, -0.2) is 4.98 Å². The zero-order valence-electron chi connectivity index (χ0n) is 15.1. The number of nitrogens with zero attached hydrogens (tertiary/aromatic N) is 3. The van der Waals surface area contributed by atoms with Crippen molar-refractivity contribution in [3.05, 3.63) is 40.4 Å². The molecule has 7 heteroatoms. The van der Waals surface area contributed by atoms with E-state index in [2.05, 4.69) is 16.0 Å². The fraction of sp³-hybridized carbons (Fsp3) is 0.474. The number of aromatic nitrogens is 1. The largest absolute Gasteiger partial charge is 0.488 e. The lowest BCUT2D eigenvalue weighted by atomic mass is 10.1. The molecule has 26 heavy (non-hydrogen) atoms. The van der Waals surface area contributed by atoms with Gasteiger partial charge in [0.15, 0.2) is 5.13 Å². The van der Waals surface area contributed by atoms with E-state index in [1.54, 1.807) is 4.90 Å². The van der Waals surface area contributed by atoms with Crippen molar-refractivity contribution in [3.8, 4) is 5.75 Å². The number of carbonyl (C=O) groups excluding carboxylic acids is 1. The van der Waals surface area contributed by atoms with Gasteiger partial charge in [0.2, 0.25) is 0 Å². The monoisotopic (exact) mass is 373 g/mol. The van der Waals surface area contributed by atoms with Crippen molar-refractivity contribution in [2.75, 3.05) is 44.8 Å². The molecule has 6 nitrogen and oxygen atoms in total. The summed E-state index contributed by atoms with van der Waals surface area (Å²) in [6, 6.07) is 8.06. The second-order valence-electron chi connectivity index (χ2n) is 6.75. The number of para-hydroxylation sites is 1. The molecule has 138 valence electrons. The van der Waals surface area contributed by atoms with E-state index in [-0.39, 0.29) is 12.0 Å². The third-order valence-electron chi connectivity index (χ3n) is 4.80. The molecular weight excluding hydrogens is 350 g/mol. The van der Waals surface area contributed by atoms with Crippen molar-refractivity contribution in [2.24, 2.45) is 0 Å². The minimum Gasteiger partial charge on any atom is -0.488 e. The van der Waals surface area contributed by atoms with E-state index in [0.717, 1.165) is 36.1 Å². The lowest BCUT2D eigenvalue weighted by Crippen LogP contribution is -2.36. The third kappa shape index (κ3) is 3.41. The molecule has 0 radical (unpaired) electrons. The minimum atomic E-state index is 0.00768. The van der Waals surface area contributed by atoms with Crippen molar-refractivity contribution < 1.29 is 14.3 Å². The van der Waals surface area contributed by atoms with Gasteiger partial charge in [0.1, 0.15) is 16.7 Å². The van der Waals surface area contributed by atoms with Crippen LogP contribution < -0.4 is 9.64 Å². The lowest BCUT2D eigenvalue weighted by Gasteiger charge is -2.26. The molecule has 0 aliphatic carbocycles. The number of morpholine rings is 1. The number of amides is 1. The van der Waals surface area contributed by atoms with Crippen molar-refractivity contribution in [2.45, 2.75) is 19.4 Å². The zero-order chi connectivity index (χ0) is 18.1. The van der Waals surface area contributed by atoms with Gasteiger partial charge < -0.3 is 19.3 Å². The number of anilines is 1. The van der Waals surface area contributed by atoms with Crippen LogP contribution in [0.4, 0.5) is 5.13 Å². The molecule has 1 aromatic carbocycles. The fourth-order valence-electron chi connectivity index (χ4n) is 3.39. The maximum Gasteiger partial charge on any atom is 0.265 e. The van der Waals surface area contributed by atoms with Gasteiger partial charge in [-0.3, -0.25) is 4.79 Å². The fourth-order valence-corrected chi connectivity index (χ4v) is 4.50. The molecule has 4 rings (SSSR count). The van der Waals surface area contributed by atoms with Gasteiger partial charge in [0.05, 0.1) is 25.5 Å². The number of carbonyl (C=O) groups is 1. The number of rotatable bonds is 4. The highest BCUT2D eigenvalue weighted by Gasteiger charge is 2.27. The van der Waals surface area contributed by atoms with E-state index in [1.807, 2.05) is 32.2 Å². The summed E-state index contributed by atoms with van der Waals surface area (Å²) in [7, 11) is 1.84. The first kappa shape index (κ1) is 17.3. The van der Waals surface area contributed by atoms with Gasteiger partial charge in [-0.1, -0.05) is 29.5 Å². The molecule has 1 aromatic heterocycles. The summed E-state index contributed by atoms with van der Waals surface area (Å²) < 4.78 is 11.4. The third-order valence-corrected chi connectivity index (χ3v) is 6.01. The van der Waals surface area contributed by atoms with Crippen LogP contribution in [0.25, 0.3) is 0 Å². The number of ether oxygens (including phenoxy) is 2. The summed E-state index contributed by atoms with van der Waals surface area (Å²) in [5, 5.41) is 0.909. The Morgan fingerprint density at radius 1 is 1.35 bits per heavy atom. The second kappa shape index (κ2) is 7.25. The van der Waals surface area contributed by atoms with E-state index in [4.69, 9.17) is 9.47 Å². The summed E-state index contributed by atoms with van der Waals surface area (Å²) in [5.41, 5.74) is 2.01. The predicted molar refractivity (Wildman–Crippen MR) is 101 cm³/mol. The molecule has 0 spiro atoms. The number of hydrogen-bond acceptors (Lipinski definition) is 6. The maximum atomic E-state index is 12.9. The second-order valence-corrected chi connectivity index (χ2v) is 7.73. The van der Waals surface area contributed by atoms with E-state index in [9.17, 15) is 4.79 Å². The molecule has 1 unspecified atom stereocenters. The summed E-state index contributed by atoms with van der Waals surface area (Å²) >= 11 is 1.47. The summed E-state index contributed by atoms with van der Waals surface area (Å²) in [4.78, 5) is 22.2. The summed E-state index contributed by atoms with van der Waals surface area (Å²) in [6.45, 7) is 5.54. The highest BCUT2D eigenvalue weighted by molar-refractivity contribution is 7.17. The Kier molecular flexibility index (Phi) is 4.82. The van der Waals surface area contributed by atoms with Crippen molar-refractivity contribution in [1.82, 2.24) is 9.88 Å². The Hall–Kier alpha value is -2.12. The first-order valence-corrected chi connectivity index (χ1v) is 9.73. The van der Waals surface area contributed by atoms with E-state index >= 15 is 0 Å². The van der Waals surface area contributed by atoms with Crippen LogP contribution in [-0.2, 0) is 11.2 Å². The number of hydrogen-bond donors (Lipinski definition) is 0. The average Bonchev–Trinajstić information content (AvgIpc) is 3.24. The first-order valence-electron chi connectivity index (χ1n) is 8.92. The molecule has 3 heterocycles. The molecule has 1 amide bonds.